The molecule has 5 heteroatoms. The first-order valence-corrected chi connectivity index (χ1v) is 4.17. The van der Waals surface area contributed by atoms with Crippen LogP contribution >= 0.6 is 11.6 Å². The van der Waals surface area contributed by atoms with E-state index in [9.17, 15) is 10.1 Å². The van der Waals surface area contributed by atoms with Crippen LogP contribution in [0.3, 0.4) is 0 Å². The summed E-state index contributed by atoms with van der Waals surface area (Å²) in [6.07, 6.45) is 2.13. The van der Waals surface area contributed by atoms with Gasteiger partial charge in [0.2, 0.25) is 6.20 Å². The summed E-state index contributed by atoms with van der Waals surface area (Å²) in [5, 5.41) is 10.5. The second-order valence-corrected chi connectivity index (χ2v) is 2.86. The summed E-state index contributed by atoms with van der Waals surface area (Å²) in [7, 11) is 1.48. The molecule has 0 bridgehead atoms. The van der Waals surface area contributed by atoms with E-state index in [0.29, 0.717) is 16.3 Å². The first kappa shape index (κ1) is 10.5. The number of benzene rings is 1. The van der Waals surface area contributed by atoms with Gasteiger partial charge in [-0.3, -0.25) is 10.1 Å². The van der Waals surface area contributed by atoms with Crippen LogP contribution in [0.1, 0.15) is 5.56 Å². The number of nitro groups is 1. The fraction of sp³-hybridized carbons (Fsp3) is 0.111. The van der Waals surface area contributed by atoms with E-state index >= 15 is 0 Å². The van der Waals surface area contributed by atoms with Crippen molar-refractivity contribution >= 4 is 17.7 Å². The lowest BCUT2D eigenvalue weighted by molar-refractivity contribution is -0.400. The molecule has 74 valence electrons. The molecule has 0 spiro atoms. The quantitative estimate of drug-likeness (QED) is 0.573. The van der Waals surface area contributed by atoms with Crippen LogP contribution in [0.15, 0.2) is 24.4 Å². The topological polar surface area (TPSA) is 52.4 Å². The normalized spacial score (nSPS) is 10.4. The minimum Gasteiger partial charge on any atom is -0.496 e. The van der Waals surface area contributed by atoms with Crippen molar-refractivity contribution in [1.29, 1.82) is 0 Å². The standard InChI is InChI=1S/C9H8ClNO3/c1-14-9-4-2-3-8(10)7(9)5-6-11(12)13/h2-6H,1H3. The van der Waals surface area contributed by atoms with E-state index in [2.05, 4.69) is 0 Å². The van der Waals surface area contributed by atoms with Gasteiger partial charge in [0.1, 0.15) is 5.75 Å². The lowest BCUT2D eigenvalue weighted by Gasteiger charge is -2.04. The summed E-state index contributed by atoms with van der Waals surface area (Å²) in [6, 6.07) is 5.04. The van der Waals surface area contributed by atoms with Crippen molar-refractivity contribution < 1.29 is 9.66 Å². The second-order valence-electron chi connectivity index (χ2n) is 2.46. The van der Waals surface area contributed by atoms with Gasteiger partial charge in [0, 0.05) is 11.6 Å². The fourth-order valence-electron chi connectivity index (χ4n) is 0.992. The summed E-state index contributed by atoms with van der Waals surface area (Å²) < 4.78 is 5.00. The Bertz CT molecular complexity index is 376. The summed E-state index contributed by atoms with van der Waals surface area (Å²) in [6.45, 7) is 0. The highest BCUT2D eigenvalue weighted by Gasteiger charge is 2.04. The molecule has 0 atom stereocenters. The van der Waals surface area contributed by atoms with E-state index in [4.69, 9.17) is 16.3 Å². The number of rotatable bonds is 3. The van der Waals surface area contributed by atoms with Crippen molar-refractivity contribution in [3.05, 3.63) is 45.1 Å². The molecule has 0 N–H and O–H groups in total. The van der Waals surface area contributed by atoms with Crippen LogP contribution in [0.4, 0.5) is 0 Å². The predicted octanol–water partition coefficient (Wildman–Crippen LogP) is 2.60. The first-order valence-electron chi connectivity index (χ1n) is 3.79. The average molecular weight is 214 g/mol. The third-order valence-corrected chi connectivity index (χ3v) is 1.93. The third kappa shape index (κ3) is 2.47. The number of hydrogen-bond acceptors (Lipinski definition) is 3. The molecule has 1 rings (SSSR count). The molecule has 0 aliphatic rings. The van der Waals surface area contributed by atoms with Gasteiger partial charge >= 0.3 is 0 Å². The molecule has 1 aromatic rings. The molecular formula is C9H8ClNO3. The molecule has 0 amide bonds. The highest BCUT2D eigenvalue weighted by molar-refractivity contribution is 6.32. The molecule has 0 radical (unpaired) electrons. The Labute approximate surface area is 85.9 Å². The van der Waals surface area contributed by atoms with Crippen molar-refractivity contribution in [3.63, 3.8) is 0 Å². The molecule has 0 heterocycles. The van der Waals surface area contributed by atoms with Crippen molar-refractivity contribution in [2.75, 3.05) is 7.11 Å². The maximum absolute atomic E-state index is 10.1. The van der Waals surface area contributed by atoms with Crippen LogP contribution in [0, 0.1) is 10.1 Å². The molecule has 0 saturated heterocycles. The molecule has 1 aromatic carbocycles. The number of nitrogens with zero attached hydrogens (tertiary/aromatic N) is 1. The monoisotopic (exact) mass is 213 g/mol. The second kappa shape index (κ2) is 4.62. The molecule has 0 aliphatic carbocycles. The first-order chi connectivity index (χ1) is 6.65. The summed E-state index contributed by atoms with van der Waals surface area (Å²) in [4.78, 5) is 9.57. The van der Waals surface area contributed by atoms with Crippen LogP contribution < -0.4 is 4.74 Å². The van der Waals surface area contributed by atoms with Crippen molar-refractivity contribution in [1.82, 2.24) is 0 Å². The minimum atomic E-state index is -0.553. The van der Waals surface area contributed by atoms with Gasteiger partial charge in [-0.2, -0.15) is 0 Å². The van der Waals surface area contributed by atoms with Crippen molar-refractivity contribution in [3.8, 4) is 5.75 Å². The van der Waals surface area contributed by atoms with Gasteiger partial charge < -0.3 is 4.74 Å². The summed E-state index contributed by atoms with van der Waals surface area (Å²) in [5.41, 5.74) is 0.508. The molecular weight excluding hydrogens is 206 g/mol. The van der Waals surface area contributed by atoms with Gasteiger partial charge in [-0.1, -0.05) is 17.7 Å². The Kier molecular flexibility index (Phi) is 3.48. The summed E-state index contributed by atoms with van der Waals surface area (Å²) in [5.74, 6) is 0.510. The molecule has 4 nitrogen and oxygen atoms in total. The Hall–Kier alpha value is -1.55. The van der Waals surface area contributed by atoms with Crippen LogP contribution in [-0.2, 0) is 0 Å². The Morgan fingerprint density at radius 2 is 2.29 bits per heavy atom. The Balaban J connectivity index is 3.11. The number of methoxy groups -OCH3 is 1. The number of ether oxygens (including phenoxy) is 1. The molecule has 0 aromatic heterocycles. The van der Waals surface area contributed by atoms with Crippen LogP contribution in [0.2, 0.25) is 5.02 Å². The maximum atomic E-state index is 10.1. The van der Waals surface area contributed by atoms with E-state index in [1.807, 2.05) is 0 Å². The van der Waals surface area contributed by atoms with Gasteiger partial charge in [-0.05, 0) is 12.1 Å². The smallest absolute Gasteiger partial charge is 0.235 e. The molecule has 0 fully saturated rings. The molecule has 0 saturated carbocycles. The predicted molar refractivity (Wildman–Crippen MR) is 54.0 cm³/mol. The van der Waals surface area contributed by atoms with Crippen LogP contribution in [0.5, 0.6) is 5.75 Å². The highest BCUT2D eigenvalue weighted by Crippen LogP contribution is 2.27. The zero-order valence-corrected chi connectivity index (χ0v) is 8.19. The van der Waals surface area contributed by atoms with Gasteiger partial charge in [0.15, 0.2) is 0 Å². The Morgan fingerprint density at radius 3 is 2.86 bits per heavy atom. The van der Waals surface area contributed by atoms with E-state index in [1.165, 1.54) is 13.2 Å². The lowest BCUT2D eigenvalue weighted by atomic mass is 10.2. The van der Waals surface area contributed by atoms with Crippen LogP contribution in [-0.4, -0.2) is 12.0 Å². The molecule has 0 unspecified atom stereocenters. The summed E-state index contributed by atoms with van der Waals surface area (Å²) >= 11 is 5.84. The van der Waals surface area contributed by atoms with Gasteiger partial charge in [-0.25, -0.2) is 0 Å². The number of hydrogen-bond donors (Lipinski definition) is 0. The third-order valence-electron chi connectivity index (χ3n) is 1.60. The van der Waals surface area contributed by atoms with Gasteiger partial charge in [0.25, 0.3) is 0 Å². The van der Waals surface area contributed by atoms with Gasteiger partial charge in [0.05, 0.1) is 17.1 Å². The highest BCUT2D eigenvalue weighted by atomic mass is 35.5. The zero-order chi connectivity index (χ0) is 10.6. The van der Waals surface area contributed by atoms with E-state index < -0.39 is 4.92 Å². The largest absolute Gasteiger partial charge is 0.496 e. The molecule has 0 aliphatic heterocycles. The Morgan fingerprint density at radius 1 is 1.57 bits per heavy atom. The SMILES string of the molecule is COc1cccc(Cl)c1C=C[N+](=O)[O-]. The fourth-order valence-corrected chi connectivity index (χ4v) is 1.22. The zero-order valence-electron chi connectivity index (χ0n) is 7.44. The lowest BCUT2D eigenvalue weighted by Crippen LogP contribution is -1.89. The molecule has 14 heavy (non-hydrogen) atoms. The maximum Gasteiger partial charge on any atom is 0.235 e. The average Bonchev–Trinajstić information content (AvgIpc) is 2.15. The van der Waals surface area contributed by atoms with E-state index in [0.717, 1.165) is 6.20 Å². The number of halogens is 1. The van der Waals surface area contributed by atoms with Crippen molar-refractivity contribution in [2.45, 2.75) is 0 Å². The van der Waals surface area contributed by atoms with Crippen LogP contribution in [0.25, 0.3) is 6.08 Å². The minimum absolute atomic E-state index is 0.419. The van der Waals surface area contributed by atoms with Gasteiger partial charge in [-0.15, -0.1) is 0 Å². The van der Waals surface area contributed by atoms with E-state index in [-0.39, 0.29) is 0 Å². The van der Waals surface area contributed by atoms with E-state index in [1.54, 1.807) is 18.2 Å². The van der Waals surface area contributed by atoms with Crippen molar-refractivity contribution in [2.24, 2.45) is 0 Å².